The Kier molecular flexibility index (Phi) is 6.32. The molecule has 0 heteroatoms. The summed E-state index contributed by atoms with van der Waals surface area (Å²) in [6, 6.07) is 0. The van der Waals surface area contributed by atoms with E-state index in [1.165, 1.54) is 43.3 Å². The van der Waals surface area contributed by atoms with E-state index in [1.54, 1.807) is 5.57 Å². The van der Waals surface area contributed by atoms with Gasteiger partial charge in [0.1, 0.15) is 0 Å². The molecule has 0 radical (unpaired) electrons. The van der Waals surface area contributed by atoms with E-state index < -0.39 is 0 Å². The van der Waals surface area contributed by atoms with Gasteiger partial charge in [0.2, 0.25) is 0 Å². The first kappa shape index (κ1) is 14.3. The normalized spacial score (nSPS) is 24.7. The molecule has 17 heavy (non-hydrogen) atoms. The first-order valence-electron chi connectivity index (χ1n) is 7.07. The molecule has 0 amide bonds. The van der Waals surface area contributed by atoms with Gasteiger partial charge in [0.05, 0.1) is 0 Å². The Balaban J connectivity index is 2.29. The van der Waals surface area contributed by atoms with Crippen LogP contribution in [0.5, 0.6) is 0 Å². The summed E-state index contributed by atoms with van der Waals surface area (Å²) < 4.78 is 0. The van der Waals surface area contributed by atoms with Crippen LogP contribution in [0.25, 0.3) is 0 Å². The average molecular weight is 232 g/mol. The Morgan fingerprint density at radius 2 is 2.06 bits per heavy atom. The predicted octanol–water partition coefficient (Wildman–Crippen LogP) is 5.82. The Labute approximate surface area is 108 Å². The summed E-state index contributed by atoms with van der Waals surface area (Å²) >= 11 is 0. The zero-order valence-electron chi connectivity index (χ0n) is 12.1. The number of allylic oxidation sites excluding steroid dienone is 6. The van der Waals surface area contributed by atoms with Gasteiger partial charge in [0.25, 0.3) is 0 Å². The van der Waals surface area contributed by atoms with Crippen molar-refractivity contribution in [1.29, 1.82) is 0 Å². The van der Waals surface area contributed by atoms with Gasteiger partial charge >= 0.3 is 0 Å². The fourth-order valence-electron chi connectivity index (χ4n) is 2.35. The number of hydrogen-bond acceptors (Lipinski definition) is 0. The van der Waals surface area contributed by atoms with E-state index >= 15 is 0 Å². The summed E-state index contributed by atoms with van der Waals surface area (Å²) in [5.74, 6) is 0.919. The molecule has 0 saturated heterocycles. The monoisotopic (exact) mass is 232 g/mol. The highest BCUT2D eigenvalue weighted by molar-refractivity contribution is 5.13. The molecule has 96 valence electrons. The van der Waals surface area contributed by atoms with Crippen molar-refractivity contribution in [2.24, 2.45) is 5.92 Å². The van der Waals surface area contributed by atoms with Gasteiger partial charge in [-0.2, -0.15) is 0 Å². The van der Waals surface area contributed by atoms with Crippen LogP contribution in [-0.4, -0.2) is 0 Å². The van der Waals surface area contributed by atoms with Gasteiger partial charge < -0.3 is 0 Å². The Morgan fingerprint density at radius 1 is 1.29 bits per heavy atom. The molecular weight excluding hydrogens is 204 g/mol. The Bertz CT molecular complexity index is 315. The molecule has 0 aromatic carbocycles. The molecule has 1 aliphatic rings. The van der Waals surface area contributed by atoms with E-state index in [0.29, 0.717) is 0 Å². The Morgan fingerprint density at radius 3 is 2.65 bits per heavy atom. The van der Waals surface area contributed by atoms with Crippen LogP contribution in [0.1, 0.15) is 66.2 Å². The smallest absolute Gasteiger partial charge is 0.0139 e. The van der Waals surface area contributed by atoms with E-state index in [2.05, 4.69) is 45.9 Å². The van der Waals surface area contributed by atoms with Crippen LogP contribution < -0.4 is 0 Å². The van der Waals surface area contributed by atoms with E-state index in [9.17, 15) is 0 Å². The van der Waals surface area contributed by atoms with E-state index in [1.807, 2.05) is 0 Å². The lowest BCUT2D eigenvalue weighted by atomic mass is 10.1. The topological polar surface area (TPSA) is 0 Å². The summed E-state index contributed by atoms with van der Waals surface area (Å²) in [6.45, 7) is 8.96. The van der Waals surface area contributed by atoms with Gasteiger partial charge in [-0.25, -0.2) is 0 Å². The summed E-state index contributed by atoms with van der Waals surface area (Å²) in [7, 11) is 0. The lowest BCUT2D eigenvalue weighted by Crippen LogP contribution is -1.82. The molecule has 0 aromatic heterocycles. The summed E-state index contributed by atoms with van der Waals surface area (Å²) in [4.78, 5) is 0. The molecule has 0 nitrogen and oxygen atoms in total. The van der Waals surface area contributed by atoms with Crippen LogP contribution in [0.15, 0.2) is 34.9 Å². The summed E-state index contributed by atoms with van der Waals surface area (Å²) in [5.41, 5.74) is 4.72. The van der Waals surface area contributed by atoms with Crippen molar-refractivity contribution in [3.63, 3.8) is 0 Å². The molecule has 1 atom stereocenters. The lowest BCUT2D eigenvalue weighted by Gasteiger charge is -2.01. The van der Waals surface area contributed by atoms with Gasteiger partial charge in [-0.05, 0) is 65.2 Å². The molecule has 0 aliphatic heterocycles. The molecule has 0 heterocycles. The fourth-order valence-corrected chi connectivity index (χ4v) is 2.35. The van der Waals surface area contributed by atoms with Gasteiger partial charge in [0.15, 0.2) is 0 Å². The summed E-state index contributed by atoms with van der Waals surface area (Å²) in [5, 5.41) is 0. The minimum atomic E-state index is 0.919. The third-order valence-corrected chi connectivity index (χ3v) is 3.81. The molecule has 0 bridgehead atoms. The zero-order valence-corrected chi connectivity index (χ0v) is 12.1. The highest BCUT2D eigenvalue weighted by Crippen LogP contribution is 2.30. The maximum Gasteiger partial charge on any atom is -0.0139 e. The zero-order chi connectivity index (χ0) is 12.7. The molecule has 1 aliphatic carbocycles. The largest absolute Gasteiger partial charge is 0.0887 e. The van der Waals surface area contributed by atoms with Crippen molar-refractivity contribution < 1.29 is 0 Å². The van der Waals surface area contributed by atoms with Crippen molar-refractivity contribution in [2.75, 3.05) is 0 Å². The molecule has 1 fully saturated rings. The second kappa shape index (κ2) is 7.53. The molecule has 0 N–H and O–H groups in total. The molecule has 1 saturated carbocycles. The lowest BCUT2D eigenvalue weighted by molar-refractivity contribution is 0.620. The average Bonchev–Trinajstić information content (AvgIpc) is 2.72. The van der Waals surface area contributed by atoms with Crippen LogP contribution in [0.4, 0.5) is 0 Å². The van der Waals surface area contributed by atoms with Crippen molar-refractivity contribution in [1.82, 2.24) is 0 Å². The van der Waals surface area contributed by atoms with Gasteiger partial charge in [-0.15, -0.1) is 0 Å². The van der Waals surface area contributed by atoms with Crippen LogP contribution in [0.3, 0.4) is 0 Å². The van der Waals surface area contributed by atoms with Crippen LogP contribution in [-0.2, 0) is 0 Å². The van der Waals surface area contributed by atoms with Gasteiger partial charge in [0, 0.05) is 0 Å². The second-order valence-corrected chi connectivity index (χ2v) is 5.64. The SMILES string of the molecule is CC=C(C)CCC=C(C)CC=C1CCC(C)C1. The fraction of sp³-hybridized carbons (Fsp3) is 0.647. The highest BCUT2D eigenvalue weighted by Gasteiger charge is 2.13. The second-order valence-electron chi connectivity index (χ2n) is 5.64. The van der Waals surface area contributed by atoms with Crippen LogP contribution in [0.2, 0.25) is 0 Å². The summed E-state index contributed by atoms with van der Waals surface area (Å²) in [6.07, 6.45) is 14.7. The third-order valence-electron chi connectivity index (χ3n) is 3.81. The van der Waals surface area contributed by atoms with E-state index in [4.69, 9.17) is 0 Å². The molecule has 0 spiro atoms. The van der Waals surface area contributed by atoms with Crippen molar-refractivity contribution in [2.45, 2.75) is 66.2 Å². The van der Waals surface area contributed by atoms with Gasteiger partial charge in [-0.1, -0.05) is 41.9 Å². The minimum absolute atomic E-state index is 0.919. The van der Waals surface area contributed by atoms with Gasteiger partial charge in [-0.3, -0.25) is 0 Å². The Hall–Kier alpha value is -0.780. The maximum atomic E-state index is 2.47. The third kappa shape index (κ3) is 5.91. The van der Waals surface area contributed by atoms with E-state index in [0.717, 1.165) is 12.3 Å². The standard InChI is InChI=1S/C17H28/c1-5-14(2)7-6-8-15(3)9-11-17-12-10-16(4)13-17/h5,8,11,16H,6-7,9-10,12-13H2,1-4H3. The van der Waals surface area contributed by atoms with Crippen LogP contribution in [0, 0.1) is 5.92 Å². The van der Waals surface area contributed by atoms with Crippen molar-refractivity contribution in [3.05, 3.63) is 34.9 Å². The van der Waals surface area contributed by atoms with Crippen LogP contribution >= 0.6 is 0 Å². The van der Waals surface area contributed by atoms with Crippen molar-refractivity contribution in [3.8, 4) is 0 Å². The number of rotatable bonds is 5. The molecule has 0 aromatic rings. The minimum Gasteiger partial charge on any atom is -0.0887 e. The number of hydrogen-bond donors (Lipinski definition) is 0. The maximum absolute atomic E-state index is 2.47. The molecular formula is C17H28. The highest BCUT2D eigenvalue weighted by atomic mass is 14.2. The van der Waals surface area contributed by atoms with Crippen molar-refractivity contribution >= 4 is 0 Å². The molecule has 1 unspecified atom stereocenters. The first-order chi connectivity index (χ1) is 8.11. The predicted molar refractivity (Wildman–Crippen MR) is 78.1 cm³/mol. The quantitative estimate of drug-likeness (QED) is 0.524. The van der Waals surface area contributed by atoms with E-state index in [-0.39, 0.29) is 0 Å². The molecule has 1 rings (SSSR count). The first-order valence-corrected chi connectivity index (χ1v) is 7.07.